The van der Waals surface area contributed by atoms with Crippen LogP contribution >= 0.6 is 0 Å². The minimum Gasteiger partial charge on any atom is -0.457 e. The summed E-state index contributed by atoms with van der Waals surface area (Å²) in [7, 11) is 2.13. The molecule has 0 spiro atoms. The average molecular weight is 634 g/mol. The molecule has 0 bridgehead atoms. The highest BCUT2D eigenvalue weighted by atomic mass is 16.5. The first-order chi connectivity index (χ1) is 24.2. The van der Waals surface area contributed by atoms with Gasteiger partial charge in [0.05, 0.1) is 40.1 Å². The van der Waals surface area contributed by atoms with Gasteiger partial charge in [-0.25, -0.2) is 4.98 Å². The first-order valence-corrected chi connectivity index (χ1v) is 16.6. The number of hydrogen-bond donors (Lipinski definition) is 0. The molecule has 0 amide bonds. The van der Waals surface area contributed by atoms with E-state index in [0.717, 1.165) is 57.3 Å². The van der Waals surface area contributed by atoms with Gasteiger partial charge in [0.15, 0.2) is 0 Å². The van der Waals surface area contributed by atoms with E-state index in [9.17, 15) is 0 Å². The van der Waals surface area contributed by atoms with Gasteiger partial charge >= 0.3 is 0 Å². The normalized spacial score (nSPS) is 12.8. The van der Waals surface area contributed by atoms with E-state index >= 15 is 0 Å². The first-order valence-electron chi connectivity index (χ1n) is 16.6. The summed E-state index contributed by atoms with van der Waals surface area (Å²) >= 11 is 0. The zero-order valence-corrected chi connectivity index (χ0v) is 26.9. The lowest BCUT2D eigenvalue weighted by Gasteiger charge is -2.20. The molecule has 10 rings (SSSR count). The summed E-state index contributed by atoms with van der Waals surface area (Å²) in [6, 6.07) is 53.2. The second kappa shape index (κ2) is 10.8. The number of rotatable bonds is 5. The fraction of sp³-hybridized carbons (Fsp3) is 0.0465. The van der Waals surface area contributed by atoms with Crippen molar-refractivity contribution in [3.05, 3.63) is 158 Å². The minimum absolute atomic E-state index is 0.770. The van der Waals surface area contributed by atoms with Crippen molar-refractivity contribution in [1.29, 1.82) is 0 Å². The predicted molar refractivity (Wildman–Crippen MR) is 201 cm³/mol. The van der Waals surface area contributed by atoms with Crippen LogP contribution in [0.25, 0.3) is 55.1 Å². The fourth-order valence-electron chi connectivity index (χ4n) is 7.63. The molecule has 4 heterocycles. The maximum atomic E-state index is 6.63. The van der Waals surface area contributed by atoms with Crippen molar-refractivity contribution >= 4 is 60.7 Å². The van der Waals surface area contributed by atoms with Crippen LogP contribution in [-0.4, -0.2) is 27.8 Å². The third kappa shape index (κ3) is 4.24. The maximum Gasteiger partial charge on any atom is 0.137 e. The van der Waals surface area contributed by atoms with Crippen LogP contribution in [0.1, 0.15) is 0 Å². The molecule has 0 saturated carbocycles. The Morgan fingerprint density at radius 2 is 1.29 bits per heavy atom. The second-order valence-corrected chi connectivity index (χ2v) is 12.6. The molecular weight excluding hydrogens is 603 g/mol. The quantitative estimate of drug-likeness (QED) is 0.189. The fourth-order valence-corrected chi connectivity index (χ4v) is 7.63. The monoisotopic (exact) mass is 633 g/mol. The topological polar surface area (TPSA) is 38.5 Å². The van der Waals surface area contributed by atoms with Gasteiger partial charge in [0.2, 0.25) is 0 Å². The van der Waals surface area contributed by atoms with E-state index < -0.39 is 0 Å². The average Bonchev–Trinajstić information content (AvgIpc) is 3.79. The van der Waals surface area contributed by atoms with Crippen LogP contribution in [-0.2, 0) is 0 Å². The van der Waals surface area contributed by atoms with E-state index in [1.807, 2.05) is 24.4 Å². The molecule has 1 aliphatic rings. The van der Waals surface area contributed by atoms with Crippen molar-refractivity contribution < 1.29 is 4.74 Å². The molecule has 0 atom stereocenters. The second-order valence-electron chi connectivity index (χ2n) is 12.6. The molecular formula is C43H31N5O. The van der Waals surface area contributed by atoms with Crippen molar-refractivity contribution in [2.24, 2.45) is 0 Å². The third-order valence-electron chi connectivity index (χ3n) is 9.73. The molecule has 0 unspecified atom stereocenters. The molecule has 0 aliphatic carbocycles. The molecule has 0 radical (unpaired) electrons. The molecule has 49 heavy (non-hydrogen) atoms. The van der Waals surface area contributed by atoms with Crippen LogP contribution in [0, 0.1) is 0 Å². The van der Waals surface area contributed by atoms with Crippen LogP contribution < -0.4 is 14.5 Å². The number of ether oxygens (including phenoxy) is 1. The van der Waals surface area contributed by atoms with Crippen LogP contribution in [0.5, 0.6) is 11.5 Å². The number of hydrogen-bond acceptors (Lipinski definition) is 4. The molecule has 1 aliphatic heterocycles. The minimum atomic E-state index is 0.770. The molecule has 0 N–H and O–H groups in total. The molecule has 6 aromatic carbocycles. The lowest BCUT2D eigenvalue weighted by Crippen LogP contribution is -2.23. The Morgan fingerprint density at radius 3 is 2.16 bits per heavy atom. The summed E-state index contributed by atoms with van der Waals surface area (Å²) in [5.74, 6) is 2.42. The maximum absolute atomic E-state index is 6.63. The van der Waals surface area contributed by atoms with Crippen molar-refractivity contribution in [3.8, 4) is 23.0 Å². The Kier molecular flexibility index (Phi) is 6.05. The predicted octanol–water partition coefficient (Wildman–Crippen LogP) is 10.6. The number of para-hydroxylation sites is 4. The van der Waals surface area contributed by atoms with E-state index in [-0.39, 0.29) is 0 Å². The summed E-state index contributed by atoms with van der Waals surface area (Å²) in [6.07, 6.45) is 1.86. The molecule has 3 aromatic heterocycles. The number of nitrogens with zero attached hydrogens (tertiary/aromatic N) is 5. The van der Waals surface area contributed by atoms with Crippen LogP contribution in [0.4, 0.5) is 17.1 Å². The molecule has 9 aromatic rings. The SMILES string of the molecule is CN1CN(c2cccc(Oc3ccc4c5ccc6c(c7ccccc7n6-c6ccccc6)c5n(-c5ccccn5)c4c3)c2)c2ccccc21. The zero-order valence-electron chi connectivity index (χ0n) is 26.9. The Labute approximate surface area is 283 Å². The molecule has 6 nitrogen and oxygen atoms in total. The highest BCUT2D eigenvalue weighted by molar-refractivity contribution is 6.26. The van der Waals surface area contributed by atoms with Crippen LogP contribution in [0.2, 0.25) is 0 Å². The van der Waals surface area contributed by atoms with Gasteiger partial charge in [-0.2, -0.15) is 0 Å². The van der Waals surface area contributed by atoms with Gasteiger partial charge in [-0.3, -0.25) is 4.57 Å². The lowest BCUT2D eigenvalue weighted by molar-refractivity contribution is 0.483. The summed E-state index contributed by atoms with van der Waals surface area (Å²) in [5, 5.41) is 4.73. The highest BCUT2D eigenvalue weighted by Crippen LogP contribution is 2.44. The molecule has 234 valence electrons. The van der Waals surface area contributed by atoms with Gasteiger partial charge in [0.25, 0.3) is 0 Å². The van der Waals surface area contributed by atoms with Gasteiger partial charge in [0, 0.05) is 58.3 Å². The van der Waals surface area contributed by atoms with Crippen molar-refractivity contribution in [2.45, 2.75) is 0 Å². The van der Waals surface area contributed by atoms with E-state index in [0.29, 0.717) is 0 Å². The summed E-state index contributed by atoms with van der Waals surface area (Å²) in [4.78, 5) is 9.46. The summed E-state index contributed by atoms with van der Waals surface area (Å²) < 4.78 is 11.3. The van der Waals surface area contributed by atoms with E-state index in [1.165, 1.54) is 33.1 Å². The van der Waals surface area contributed by atoms with Gasteiger partial charge in [0.1, 0.15) is 17.3 Å². The van der Waals surface area contributed by atoms with Gasteiger partial charge in [-0.05, 0) is 72.8 Å². The Balaban J connectivity index is 1.16. The lowest BCUT2D eigenvalue weighted by atomic mass is 10.1. The van der Waals surface area contributed by atoms with Crippen molar-refractivity contribution in [2.75, 3.05) is 23.5 Å². The molecule has 6 heteroatoms. The highest BCUT2D eigenvalue weighted by Gasteiger charge is 2.25. The zero-order chi connectivity index (χ0) is 32.5. The molecule has 0 fully saturated rings. The summed E-state index contributed by atoms with van der Waals surface area (Å²) in [6.45, 7) is 0.786. The first kappa shape index (κ1) is 27.6. The van der Waals surface area contributed by atoms with Gasteiger partial charge in [-0.1, -0.05) is 66.7 Å². The number of fused-ring (bicyclic) bond motifs is 8. The Hall–Kier alpha value is -6.53. The third-order valence-corrected chi connectivity index (χ3v) is 9.73. The van der Waals surface area contributed by atoms with Gasteiger partial charge < -0.3 is 19.1 Å². The van der Waals surface area contributed by atoms with E-state index in [1.54, 1.807) is 0 Å². The van der Waals surface area contributed by atoms with Gasteiger partial charge in [-0.15, -0.1) is 0 Å². The van der Waals surface area contributed by atoms with Crippen molar-refractivity contribution in [3.63, 3.8) is 0 Å². The largest absolute Gasteiger partial charge is 0.457 e. The Bertz CT molecular complexity index is 2690. The Morgan fingerprint density at radius 1 is 0.531 bits per heavy atom. The van der Waals surface area contributed by atoms with E-state index in [2.05, 4.69) is 159 Å². The van der Waals surface area contributed by atoms with Crippen LogP contribution in [0.3, 0.4) is 0 Å². The van der Waals surface area contributed by atoms with Crippen LogP contribution in [0.15, 0.2) is 158 Å². The smallest absolute Gasteiger partial charge is 0.137 e. The van der Waals surface area contributed by atoms with E-state index in [4.69, 9.17) is 9.72 Å². The number of pyridine rings is 1. The standard InChI is InChI=1S/C43H31N5O/c1-45-28-46(38-19-8-7-18-37(38)45)30-14-11-15-31(26-30)49-32-21-22-33-34-23-24-39-42(43(34)48(40(33)27-32)41-20-9-10-25-44-41)35-16-5-6-17-36(35)47(39)29-12-3-2-4-13-29/h2-27H,28H2,1H3. The number of anilines is 3. The summed E-state index contributed by atoms with van der Waals surface area (Å²) in [5.41, 5.74) is 9.15. The number of aromatic nitrogens is 3. The van der Waals surface area contributed by atoms with Crippen molar-refractivity contribution in [1.82, 2.24) is 14.1 Å². The molecule has 0 saturated heterocycles. The number of benzene rings is 6.